The zero-order valence-corrected chi connectivity index (χ0v) is 17.5. The smallest absolute Gasteiger partial charge is 0.331 e. The first-order valence-electron chi connectivity index (χ1n) is 10.0. The summed E-state index contributed by atoms with van der Waals surface area (Å²) in [6.45, 7) is 6.69. The maximum atomic E-state index is 12.4. The van der Waals surface area contributed by atoms with Gasteiger partial charge < -0.3 is 19.5 Å². The summed E-state index contributed by atoms with van der Waals surface area (Å²) < 4.78 is 16.3. The Labute approximate surface area is 176 Å². The summed E-state index contributed by atoms with van der Waals surface area (Å²) in [6.07, 6.45) is 2.99. The van der Waals surface area contributed by atoms with Crippen LogP contribution in [0.15, 0.2) is 48.5 Å². The molecule has 0 bridgehead atoms. The molecule has 1 heterocycles. The molecule has 3 rings (SSSR count). The van der Waals surface area contributed by atoms with Crippen LogP contribution in [0.2, 0.25) is 0 Å². The molecule has 0 aromatic heterocycles. The number of aryl methyl sites for hydroxylation is 1. The SMILES string of the molecule is Cc1cccc(/C=C/C(=O)OCC(=O)N[C@H](c2ccc3c(c2)OCCO3)C(C)C)c1. The van der Waals surface area contributed by atoms with E-state index >= 15 is 0 Å². The Bertz CT molecular complexity index is 935. The Morgan fingerprint density at radius 2 is 1.87 bits per heavy atom. The quantitative estimate of drug-likeness (QED) is 0.556. The number of rotatable bonds is 7. The summed E-state index contributed by atoms with van der Waals surface area (Å²) in [5.41, 5.74) is 2.91. The van der Waals surface area contributed by atoms with Crippen molar-refractivity contribution < 1.29 is 23.8 Å². The van der Waals surface area contributed by atoms with E-state index < -0.39 is 5.97 Å². The van der Waals surface area contributed by atoms with Gasteiger partial charge in [0.25, 0.3) is 5.91 Å². The number of nitrogens with one attached hydrogen (secondary N) is 1. The van der Waals surface area contributed by atoms with Crippen LogP contribution in [0, 0.1) is 12.8 Å². The van der Waals surface area contributed by atoms with Gasteiger partial charge in [0.2, 0.25) is 0 Å². The van der Waals surface area contributed by atoms with E-state index in [1.807, 2.05) is 63.2 Å². The first-order chi connectivity index (χ1) is 14.4. The zero-order chi connectivity index (χ0) is 21.5. The van der Waals surface area contributed by atoms with Gasteiger partial charge in [-0.2, -0.15) is 0 Å². The lowest BCUT2D eigenvalue weighted by atomic mass is 9.95. The fourth-order valence-electron chi connectivity index (χ4n) is 3.23. The van der Waals surface area contributed by atoms with Crippen LogP contribution in [0.3, 0.4) is 0 Å². The highest BCUT2D eigenvalue weighted by Crippen LogP contribution is 2.34. The van der Waals surface area contributed by atoms with Crippen LogP contribution >= 0.6 is 0 Å². The van der Waals surface area contributed by atoms with Crippen molar-refractivity contribution in [1.29, 1.82) is 0 Å². The van der Waals surface area contributed by atoms with E-state index in [-0.39, 0.29) is 24.5 Å². The van der Waals surface area contributed by atoms with Gasteiger partial charge in [0.1, 0.15) is 13.2 Å². The van der Waals surface area contributed by atoms with Crippen LogP contribution in [0.1, 0.15) is 36.6 Å². The maximum Gasteiger partial charge on any atom is 0.331 e. The highest BCUT2D eigenvalue weighted by molar-refractivity contribution is 5.89. The second-order valence-corrected chi connectivity index (χ2v) is 7.55. The molecular weight excluding hydrogens is 382 g/mol. The van der Waals surface area contributed by atoms with Gasteiger partial charge in [-0.1, -0.05) is 49.7 Å². The number of fused-ring (bicyclic) bond motifs is 1. The first kappa shape index (κ1) is 21.4. The van der Waals surface area contributed by atoms with Gasteiger partial charge in [0, 0.05) is 6.08 Å². The van der Waals surface area contributed by atoms with Crippen molar-refractivity contribution in [3.63, 3.8) is 0 Å². The minimum Gasteiger partial charge on any atom is -0.486 e. The number of esters is 1. The Morgan fingerprint density at radius 3 is 2.60 bits per heavy atom. The predicted octanol–water partition coefficient (Wildman–Crippen LogP) is 3.84. The molecule has 1 aliphatic heterocycles. The van der Waals surface area contributed by atoms with Crippen LogP contribution in [0.5, 0.6) is 11.5 Å². The molecule has 0 unspecified atom stereocenters. The summed E-state index contributed by atoms with van der Waals surface area (Å²) in [5, 5.41) is 2.94. The average molecular weight is 409 g/mol. The van der Waals surface area contributed by atoms with Crippen molar-refractivity contribution in [2.24, 2.45) is 5.92 Å². The van der Waals surface area contributed by atoms with E-state index in [4.69, 9.17) is 14.2 Å². The van der Waals surface area contributed by atoms with E-state index in [0.29, 0.717) is 24.7 Å². The molecule has 2 aromatic rings. The molecule has 30 heavy (non-hydrogen) atoms. The van der Waals surface area contributed by atoms with Crippen molar-refractivity contribution >= 4 is 18.0 Å². The second kappa shape index (κ2) is 9.96. The summed E-state index contributed by atoms with van der Waals surface area (Å²) in [4.78, 5) is 24.3. The second-order valence-electron chi connectivity index (χ2n) is 7.55. The van der Waals surface area contributed by atoms with Gasteiger partial charge in [0.15, 0.2) is 18.1 Å². The Hall–Kier alpha value is -3.28. The highest BCUT2D eigenvalue weighted by atomic mass is 16.6. The van der Waals surface area contributed by atoms with Crippen molar-refractivity contribution in [2.45, 2.75) is 26.8 Å². The third-order valence-corrected chi connectivity index (χ3v) is 4.71. The summed E-state index contributed by atoms with van der Waals surface area (Å²) in [6, 6.07) is 13.1. The molecule has 1 N–H and O–H groups in total. The third kappa shape index (κ3) is 5.86. The molecule has 0 fully saturated rings. The van der Waals surface area contributed by atoms with Crippen LogP contribution in [-0.4, -0.2) is 31.7 Å². The van der Waals surface area contributed by atoms with Crippen molar-refractivity contribution in [2.75, 3.05) is 19.8 Å². The lowest BCUT2D eigenvalue weighted by Crippen LogP contribution is -2.35. The van der Waals surface area contributed by atoms with Crippen molar-refractivity contribution in [1.82, 2.24) is 5.32 Å². The largest absolute Gasteiger partial charge is 0.486 e. The predicted molar refractivity (Wildman–Crippen MR) is 114 cm³/mol. The molecule has 6 nitrogen and oxygen atoms in total. The van der Waals surface area contributed by atoms with E-state index in [9.17, 15) is 9.59 Å². The first-order valence-corrected chi connectivity index (χ1v) is 10.0. The van der Waals surface area contributed by atoms with Crippen LogP contribution in [-0.2, 0) is 14.3 Å². The molecule has 0 saturated carbocycles. The fourth-order valence-corrected chi connectivity index (χ4v) is 3.23. The normalized spacial score (nSPS) is 13.9. The lowest BCUT2D eigenvalue weighted by Gasteiger charge is -2.25. The number of ether oxygens (including phenoxy) is 3. The Balaban J connectivity index is 1.56. The Kier molecular flexibility index (Phi) is 7.12. The third-order valence-electron chi connectivity index (χ3n) is 4.71. The maximum absolute atomic E-state index is 12.4. The van der Waals surface area contributed by atoms with E-state index in [1.165, 1.54) is 6.08 Å². The summed E-state index contributed by atoms with van der Waals surface area (Å²) >= 11 is 0. The molecule has 0 aliphatic carbocycles. The van der Waals surface area contributed by atoms with Gasteiger partial charge in [-0.25, -0.2) is 4.79 Å². The molecule has 1 amide bonds. The van der Waals surface area contributed by atoms with Gasteiger partial charge in [-0.15, -0.1) is 0 Å². The van der Waals surface area contributed by atoms with E-state index in [1.54, 1.807) is 6.08 Å². The number of carbonyl (C=O) groups excluding carboxylic acids is 2. The topological polar surface area (TPSA) is 73.9 Å². The van der Waals surface area contributed by atoms with E-state index in [2.05, 4.69) is 5.32 Å². The molecule has 0 saturated heterocycles. The minimum atomic E-state index is -0.563. The van der Waals surface area contributed by atoms with Gasteiger partial charge in [-0.05, 0) is 42.2 Å². The molecular formula is C24H27NO5. The molecule has 1 aliphatic rings. The molecule has 0 spiro atoms. The standard InChI is InChI=1S/C24H27NO5/c1-16(2)24(19-8-9-20-21(14-19)29-12-11-28-20)25-22(26)15-30-23(27)10-7-18-6-4-5-17(3)13-18/h4-10,13-14,16,24H,11-12,15H2,1-3H3,(H,25,26)/b10-7+/t24-/m0/s1. The molecule has 6 heteroatoms. The monoisotopic (exact) mass is 409 g/mol. The molecule has 0 radical (unpaired) electrons. The zero-order valence-electron chi connectivity index (χ0n) is 17.5. The number of benzene rings is 2. The van der Waals surface area contributed by atoms with Gasteiger partial charge in [-0.3, -0.25) is 4.79 Å². The number of amides is 1. The van der Waals surface area contributed by atoms with Crippen molar-refractivity contribution in [3.8, 4) is 11.5 Å². The van der Waals surface area contributed by atoms with Crippen LogP contribution in [0.25, 0.3) is 6.08 Å². The summed E-state index contributed by atoms with van der Waals surface area (Å²) in [7, 11) is 0. The van der Waals surface area contributed by atoms with Crippen LogP contribution in [0.4, 0.5) is 0 Å². The fraction of sp³-hybridized carbons (Fsp3) is 0.333. The molecule has 158 valence electrons. The highest BCUT2D eigenvalue weighted by Gasteiger charge is 2.21. The van der Waals surface area contributed by atoms with Gasteiger partial charge in [0.05, 0.1) is 6.04 Å². The number of hydrogen-bond donors (Lipinski definition) is 1. The molecule has 2 aromatic carbocycles. The Morgan fingerprint density at radius 1 is 1.10 bits per heavy atom. The van der Waals surface area contributed by atoms with Crippen LogP contribution < -0.4 is 14.8 Å². The van der Waals surface area contributed by atoms with Gasteiger partial charge >= 0.3 is 5.97 Å². The number of carbonyl (C=O) groups is 2. The van der Waals surface area contributed by atoms with Crippen molar-refractivity contribution in [3.05, 3.63) is 65.2 Å². The van der Waals surface area contributed by atoms with E-state index in [0.717, 1.165) is 16.7 Å². The average Bonchev–Trinajstić information content (AvgIpc) is 2.74. The number of hydrogen-bond acceptors (Lipinski definition) is 5. The minimum absolute atomic E-state index is 0.133. The summed E-state index contributed by atoms with van der Waals surface area (Å²) in [5.74, 6) is 0.584. The lowest BCUT2D eigenvalue weighted by molar-refractivity contribution is -0.144. The molecule has 1 atom stereocenters.